The summed E-state index contributed by atoms with van der Waals surface area (Å²) in [4.78, 5) is 23.3. The molecule has 0 spiro atoms. The van der Waals surface area contributed by atoms with Crippen LogP contribution in [0.1, 0.15) is 27.6 Å². The summed E-state index contributed by atoms with van der Waals surface area (Å²) in [5.74, 6) is -1.32. The van der Waals surface area contributed by atoms with Gasteiger partial charge in [0.25, 0.3) is 10.0 Å². The monoisotopic (exact) mass is 363 g/mol. The Hall–Kier alpha value is -2.87. The van der Waals surface area contributed by atoms with Crippen molar-refractivity contribution in [3.05, 3.63) is 59.7 Å². The second-order valence-corrected chi connectivity index (χ2v) is 6.55. The summed E-state index contributed by atoms with van der Waals surface area (Å²) in [5, 5.41) is 0. The van der Waals surface area contributed by atoms with Crippen molar-refractivity contribution >= 4 is 27.6 Å². The Morgan fingerprint density at radius 2 is 1.76 bits per heavy atom. The first-order chi connectivity index (χ1) is 11.9. The molecule has 0 amide bonds. The third kappa shape index (κ3) is 4.36. The van der Waals surface area contributed by atoms with E-state index in [1.54, 1.807) is 6.92 Å². The molecule has 2 aromatic rings. The Kier molecular flexibility index (Phi) is 5.76. The van der Waals surface area contributed by atoms with E-state index in [9.17, 15) is 18.0 Å². The molecule has 0 bridgehead atoms. The number of rotatable bonds is 6. The summed E-state index contributed by atoms with van der Waals surface area (Å²) >= 11 is 0. The summed E-state index contributed by atoms with van der Waals surface area (Å²) in [5.41, 5.74) is 0.299. The number of hydrogen-bond acceptors (Lipinski definition) is 6. The molecule has 0 unspecified atom stereocenters. The van der Waals surface area contributed by atoms with Gasteiger partial charge < -0.3 is 9.47 Å². The van der Waals surface area contributed by atoms with Gasteiger partial charge in [-0.1, -0.05) is 18.2 Å². The summed E-state index contributed by atoms with van der Waals surface area (Å²) in [6.45, 7) is 1.88. The molecule has 0 saturated carbocycles. The van der Waals surface area contributed by atoms with Crippen LogP contribution in [0, 0.1) is 0 Å². The Morgan fingerprint density at radius 3 is 2.44 bits per heavy atom. The molecule has 7 nitrogen and oxygen atoms in total. The molecule has 0 saturated heterocycles. The number of sulfonamides is 1. The van der Waals surface area contributed by atoms with Crippen molar-refractivity contribution < 1.29 is 27.5 Å². The van der Waals surface area contributed by atoms with Crippen molar-refractivity contribution in [2.45, 2.75) is 11.8 Å². The number of carbonyl (C=O) groups excluding carboxylic acids is 2. The normalized spacial score (nSPS) is 10.8. The fourth-order valence-electron chi connectivity index (χ4n) is 2.11. The van der Waals surface area contributed by atoms with E-state index in [-0.39, 0.29) is 28.3 Å². The lowest BCUT2D eigenvalue weighted by atomic mass is 10.2. The van der Waals surface area contributed by atoms with Gasteiger partial charge in [0.2, 0.25) is 0 Å². The highest BCUT2D eigenvalue weighted by atomic mass is 32.2. The van der Waals surface area contributed by atoms with E-state index in [1.165, 1.54) is 55.6 Å². The van der Waals surface area contributed by atoms with Gasteiger partial charge in [-0.15, -0.1) is 0 Å². The summed E-state index contributed by atoms with van der Waals surface area (Å²) in [6, 6.07) is 11.6. The lowest BCUT2D eigenvalue weighted by Gasteiger charge is -2.12. The molecule has 0 aliphatic rings. The molecule has 0 aromatic heterocycles. The van der Waals surface area contributed by atoms with Crippen LogP contribution in [0.25, 0.3) is 0 Å². The average molecular weight is 363 g/mol. The zero-order valence-corrected chi connectivity index (χ0v) is 14.5. The predicted octanol–water partition coefficient (Wildman–Crippen LogP) is 2.45. The van der Waals surface area contributed by atoms with E-state index < -0.39 is 22.0 Å². The number of ether oxygens (including phenoxy) is 2. The maximum Gasteiger partial charge on any atom is 0.339 e. The third-order valence-electron chi connectivity index (χ3n) is 3.21. The fraction of sp³-hybridized carbons (Fsp3) is 0.176. The molecule has 25 heavy (non-hydrogen) atoms. The minimum absolute atomic E-state index is 0.0842. The van der Waals surface area contributed by atoms with Crippen LogP contribution in [0.4, 0.5) is 5.69 Å². The third-order valence-corrected chi connectivity index (χ3v) is 4.65. The van der Waals surface area contributed by atoms with E-state index in [1.807, 2.05) is 0 Å². The van der Waals surface area contributed by atoms with Crippen molar-refractivity contribution in [1.82, 2.24) is 0 Å². The molecule has 8 heteroatoms. The number of anilines is 1. The molecule has 132 valence electrons. The van der Waals surface area contributed by atoms with Crippen LogP contribution in [-0.2, 0) is 19.5 Å². The smallest absolute Gasteiger partial charge is 0.339 e. The van der Waals surface area contributed by atoms with Gasteiger partial charge in [0.15, 0.2) is 0 Å². The number of carbonyl (C=O) groups is 2. The first-order valence-electron chi connectivity index (χ1n) is 7.36. The van der Waals surface area contributed by atoms with Crippen molar-refractivity contribution in [3.63, 3.8) is 0 Å². The topological polar surface area (TPSA) is 98.8 Å². The van der Waals surface area contributed by atoms with Crippen LogP contribution < -0.4 is 4.72 Å². The van der Waals surface area contributed by atoms with Gasteiger partial charge in [-0.3, -0.25) is 4.72 Å². The van der Waals surface area contributed by atoms with E-state index >= 15 is 0 Å². The second-order valence-electron chi connectivity index (χ2n) is 4.89. The Balaban J connectivity index is 2.36. The fourth-order valence-corrected chi connectivity index (χ4v) is 3.36. The largest absolute Gasteiger partial charge is 0.465 e. The van der Waals surface area contributed by atoms with Gasteiger partial charge in [-0.2, -0.15) is 0 Å². The minimum Gasteiger partial charge on any atom is -0.465 e. The molecule has 2 rings (SSSR count). The molecule has 0 radical (unpaired) electrons. The zero-order chi connectivity index (χ0) is 18.4. The Morgan fingerprint density at radius 1 is 1.04 bits per heavy atom. The van der Waals surface area contributed by atoms with E-state index in [0.29, 0.717) is 0 Å². The molecule has 0 atom stereocenters. The lowest BCUT2D eigenvalue weighted by molar-refractivity contribution is 0.0525. The van der Waals surface area contributed by atoms with E-state index in [4.69, 9.17) is 4.74 Å². The predicted molar refractivity (Wildman–Crippen MR) is 91.0 cm³/mol. The molecule has 0 aliphatic carbocycles. The SMILES string of the molecule is CCOC(=O)c1cccc(NS(=O)(=O)c2ccccc2C(=O)OC)c1. The van der Waals surface area contributed by atoms with Gasteiger partial charge in [0.05, 0.1) is 24.8 Å². The second kappa shape index (κ2) is 7.80. The van der Waals surface area contributed by atoms with Crippen molar-refractivity contribution in [2.24, 2.45) is 0 Å². The quantitative estimate of drug-likeness (QED) is 0.792. The van der Waals surface area contributed by atoms with Crippen LogP contribution >= 0.6 is 0 Å². The standard InChI is InChI=1S/C17H17NO6S/c1-3-24-16(19)12-7-6-8-13(11-12)18-25(21,22)15-10-5-4-9-14(15)17(20)23-2/h4-11,18H,3H2,1-2H3. The lowest BCUT2D eigenvalue weighted by Crippen LogP contribution is -2.17. The first kappa shape index (κ1) is 18.5. The van der Waals surface area contributed by atoms with Gasteiger partial charge in [-0.25, -0.2) is 18.0 Å². The number of hydrogen-bond donors (Lipinski definition) is 1. The average Bonchev–Trinajstić information content (AvgIpc) is 2.61. The van der Waals surface area contributed by atoms with Crippen LogP contribution in [-0.4, -0.2) is 34.1 Å². The van der Waals surface area contributed by atoms with Crippen molar-refractivity contribution in [3.8, 4) is 0 Å². The van der Waals surface area contributed by atoms with Crippen LogP contribution in [0.2, 0.25) is 0 Å². The van der Waals surface area contributed by atoms with Crippen LogP contribution in [0.15, 0.2) is 53.4 Å². The van der Waals surface area contributed by atoms with E-state index in [2.05, 4.69) is 9.46 Å². The van der Waals surface area contributed by atoms with Gasteiger partial charge >= 0.3 is 11.9 Å². The minimum atomic E-state index is -4.06. The van der Waals surface area contributed by atoms with Gasteiger partial charge in [0.1, 0.15) is 4.90 Å². The number of nitrogens with one attached hydrogen (secondary N) is 1. The molecule has 0 fully saturated rings. The maximum atomic E-state index is 12.6. The van der Waals surface area contributed by atoms with Gasteiger partial charge in [0, 0.05) is 5.69 Å². The molecule has 0 aliphatic heterocycles. The molecule has 1 N–H and O–H groups in total. The van der Waals surface area contributed by atoms with Crippen molar-refractivity contribution in [2.75, 3.05) is 18.4 Å². The molecular weight excluding hydrogens is 346 g/mol. The molecule has 0 heterocycles. The van der Waals surface area contributed by atoms with Gasteiger partial charge in [-0.05, 0) is 37.3 Å². The zero-order valence-electron chi connectivity index (χ0n) is 13.7. The van der Waals surface area contributed by atoms with E-state index in [0.717, 1.165) is 0 Å². The maximum absolute atomic E-state index is 12.6. The molecule has 2 aromatic carbocycles. The van der Waals surface area contributed by atoms with Crippen LogP contribution in [0.3, 0.4) is 0 Å². The number of benzene rings is 2. The number of esters is 2. The van der Waals surface area contributed by atoms with Crippen molar-refractivity contribution in [1.29, 1.82) is 0 Å². The molecular formula is C17H17NO6S. The summed E-state index contributed by atoms with van der Waals surface area (Å²) in [6.07, 6.45) is 0. The highest BCUT2D eigenvalue weighted by Crippen LogP contribution is 2.21. The number of methoxy groups -OCH3 is 1. The highest BCUT2D eigenvalue weighted by Gasteiger charge is 2.23. The first-order valence-corrected chi connectivity index (χ1v) is 8.84. The van der Waals surface area contributed by atoms with Crippen LogP contribution in [0.5, 0.6) is 0 Å². The Labute approximate surface area is 145 Å². The summed E-state index contributed by atoms with van der Waals surface area (Å²) in [7, 11) is -2.89. The summed E-state index contributed by atoms with van der Waals surface area (Å²) < 4.78 is 37.1. The highest BCUT2D eigenvalue weighted by molar-refractivity contribution is 7.92. The Bertz CT molecular complexity index is 892.